The van der Waals surface area contributed by atoms with Crippen LogP contribution in [0.15, 0.2) is 22.8 Å². The van der Waals surface area contributed by atoms with Crippen LogP contribution in [0.1, 0.15) is 25.7 Å². The Hall–Kier alpha value is -1.10. The highest BCUT2D eigenvalue weighted by Crippen LogP contribution is 2.28. The number of carbonyl (C=O) groups excluding carboxylic acids is 1. The summed E-state index contributed by atoms with van der Waals surface area (Å²) in [6.07, 6.45) is 6.26. The molecule has 0 bridgehead atoms. The molecule has 0 N–H and O–H groups in total. The maximum Gasteiger partial charge on any atom is 0.225 e. The molecular formula is C15H20BrN3O. The molecule has 1 aliphatic heterocycles. The molecule has 0 spiro atoms. The molecule has 3 rings (SSSR count). The number of pyridine rings is 1. The van der Waals surface area contributed by atoms with E-state index in [9.17, 15) is 4.79 Å². The van der Waals surface area contributed by atoms with Crippen molar-refractivity contribution in [1.82, 2.24) is 9.88 Å². The monoisotopic (exact) mass is 337 g/mol. The van der Waals surface area contributed by atoms with Gasteiger partial charge in [-0.1, -0.05) is 6.42 Å². The fourth-order valence-corrected chi connectivity index (χ4v) is 3.07. The first-order valence-corrected chi connectivity index (χ1v) is 8.18. The fraction of sp³-hybridized carbons (Fsp3) is 0.600. The van der Waals surface area contributed by atoms with Crippen molar-refractivity contribution in [3.05, 3.63) is 22.8 Å². The predicted molar refractivity (Wildman–Crippen MR) is 82.7 cm³/mol. The molecule has 108 valence electrons. The van der Waals surface area contributed by atoms with Gasteiger partial charge in [-0.05, 0) is 47.3 Å². The molecule has 4 nitrogen and oxygen atoms in total. The standard InChI is InChI=1S/C15H20BrN3O/c16-13-5-6-14(17-11-13)18-7-2-8-19(10-9-18)15(20)12-3-1-4-12/h5-6,11-12H,1-4,7-10H2. The lowest BCUT2D eigenvalue weighted by atomic mass is 9.84. The molecule has 1 saturated heterocycles. The summed E-state index contributed by atoms with van der Waals surface area (Å²) in [7, 11) is 0. The van der Waals surface area contributed by atoms with E-state index >= 15 is 0 Å². The van der Waals surface area contributed by atoms with Gasteiger partial charge < -0.3 is 9.80 Å². The van der Waals surface area contributed by atoms with Gasteiger partial charge in [0.05, 0.1) is 0 Å². The quantitative estimate of drug-likeness (QED) is 0.832. The molecule has 20 heavy (non-hydrogen) atoms. The second-order valence-corrected chi connectivity index (χ2v) is 6.54. The van der Waals surface area contributed by atoms with Crippen LogP contribution in [0, 0.1) is 5.92 Å². The minimum absolute atomic E-state index is 0.312. The van der Waals surface area contributed by atoms with Crippen molar-refractivity contribution in [3.8, 4) is 0 Å². The maximum atomic E-state index is 12.3. The van der Waals surface area contributed by atoms with Crippen LogP contribution >= 0.6 is 15.9 Å². The number of nitrogens with zero attached hydrogens (tertiary/aromatic N) is 3. The molecule has 1 aliphatic carbocycles. The molecule has 0 aromatic carbocycles. The van der Waals surface area contributed by atoms with Crippen LogP contribution in [0.2, 0.25) is 0 Å². The van der Waals surface area contributed by atoms with Gasteiger partial charge in [0, 0.05) is 42.8 Å². The van der Waals surface area contributed by atoms with Gasteiger partial charge in [-0.25, -0.2) is 4.98 Å². The van der Waals surface area contributed by atoms with Crippen LogP contribution in [0.25, 0.3) is 0 Å². The first-order valence-electron chi connectivity index (χ1n) is 7.39. The van der Waals surface area contributed by atoms with E-state index in [1.807, 2.05) is 18.3 Å². The summed E-state index contributed by atoms with van der Waals surface area (Å²) in [5.41, 5.74) is 0. The average Bonchev–Trinajstić information content (AvgIpc) is 2.63. The van der Waals surface area contributed by atoms with E-state index in [-0.39, 0.29) is 0 Å². The zero-order valence-corrected chi connectivity index (χ0v) is 13.2. The predicted octanol–water partition coefficient (Wildman–Crippen LogP) is 2.68. The Kier molecular flexibility index (Phi) is 4.24. The van der Waals surface area contributed by atoms with Crippen molar-refractivity contribution in [1.29, 1.82) is 0 Å². The summed E-state index contributed by atoms with van der Waals surface area (Å²) in [4.78, 5) is 21.1. The minimum Gasteiger partial charge on any atom is -0.355 e. The van der Waals surface area contributed by atoms with Gasteiger partial charge in [0.2, 0.25) is 5.91 Å². The molecule has 5 heteroatoms. The first-order chi connectivity index (χ1) is 9.74. The normalized spacial score (nSPS) is 20.4. The van der Waals surface area contributed by atoms with Crippen LogP contribution in [0.4, 0.5) is 5.82 Å². The molecule has 0 radical (unpaired) electrons. The zero-order chi connectivity index (χ0) is 13.9. The van der Waals surface area contributed by atoms with Crippen LogP contribution in [0.3, 0.4) is 0 Å². The largest absolute Gasteiger partial charge is 0.355 e. The van der Waals surface area contributed by atoms with E-state index in [1.54, 1.807) is 0 Å². The number of anilines is 1. The van der Waals surface area contributed by atoms with Crippen molar-refractivity contribution in [2.75, 3.05) is 31.1 Å². The van der Waals surface area contributed by atoms with Crippen molar-refractivity contribution >= 4 is 27.7 Å². The third-order valence-electron chi connectivity index (χ3n) is 4.30. The minimum atomic E-state index is 0.312. The molecule has 2 heterocycles. The van der Waals surface area contributed by atoms with Crippen LogP contribution < -0.4 is 4.90 Å². The molecule has 0 unspecified atom stereocenters. The molecule has 1 aromatic rings. The van der Waals surface area contributed by atoms with Gasteiger partial charge in [-0.15, -0.1) is 0 Å². The second kappa shape index (κ2) is 6.12. The lowest BCUT2D eigenvalue weighted by Gasteiger charge is -2.31. The Labute approximate surface area is 128 Å². The Balaban J connectivity index is 1.61. The van der Waals surface area contributed by atoms with Crippen molar-refractivity contribution in [2.45, 2.75) is 25.7 Å². The third-order valence-corrected chi connectivity index (χ3v) is 4.77. The number of aromatic nitrogens is 1. The number of carbonyl (C=O) groups is 1. The third kappa shape index (κ3) is 2.97. The van der Waals surface area contributed by atoms with Gasteiger partial charge in [-0.2, -0.15) is 0 Å². The van der Waals surface area contributed by atoms with Gasteiger partial charge in [0.15, 0.2) is 0 Å². The van der Waals surface area contributed by atoms with Crippen LogP contribution in [0.5, 0.6) is 0 Å². The van der Waals surface area contributed by atoms with Crippen LogP contribution in [-0.2, 0) is 4.79 Å². The van der Waals surface area contributed by atoms with Gasteiger partial charge in [0.1, 0.15) is 5.82 Å². The fourth-order valence-electron chi connectivity index (χ4n) is 2.84. The van der Waals surface area contributed by atoms with E-state index in [0.717, 1.165) is 55.7 Å². The molecule has 1 saturated carbocycles. The lowest BCUT2D eigenvalue weighted by molar-refractivity contribution is -0.137. The number of halogens is 1. The highest BCUT2D eigenvalue weighted by atomic mass is 79.9. The van der Waals surface area contributed by atoms with E-state index in [2.05, 4.69) is 30.7 Å². The Morgan fingerprint density at radius 3 is 2.65 bits per heavy atom. The van der Waals surface area contributed by atoms with Crippen LogP contribution in [-0.4, -0.2) is 42.0 Å². The second-order valence-electron chi connectivity index (χ2n) is 5.63. The summed E-state index contributed by atoms with van der Waals surface area (Å²) < 4.78 is 0.998. The highest BCUT2D eigenvalue weighted by molar-refractivity contribution is 9.10. The Morgan fingerprint density at radius 2 is 2.00 bits per heavy atom. The first kappa shape index (κ1) is 13.9. The summed E-state index contributed by atoms with van der Waals surface area (Å²) in [6.45, 7) is 3.58. The van der Waals surface area contributed by atoms with Gasteiger partial charge in [-0.3, -0.25) is 4.79 Å². The average molecular weight is 338 g/mol. The molecule has 2 fully saturated rings. The SMILES string of the molecule is O=C(C1CCC1)N1CCCN(c2ccc(Br)cn2)CC1. The summed E-state index contributed by atoms with van der Waals surface area (Å²) in [5.74, 6) is 1.69. The molecule has 1 amide bonds. The summed E-state index contributed by atoms with van der Waals surface area (Å²) in [5, 5.41) is 0. The molecule has 2 aliphatic rings. The van der Waals surface area contributed by atoms with E-state index in [1.165, 1.54) is 6.42 Å². The zero-order valence-electron chi connectivity index (χ0n) is 11.6. The molecule has 0 atom stereocenters. The van der Waals surface area contributed by atoms with E-state index < -0.39 is 0 Å². The smallest absolute Gasteiger partial charge is 0.225 e. The highest BCUT2D eigenvalue weighted by Gasteiger charge is 2.30. The van der Waals surface area contributed by atoms with Gasteiger partial charge >= 0.3 is 0 Å². The number of hydrogen-bond acceptors (Lipinski definition) is 3. The number of rotatable bonds is 2. The summed E-state index contributed by atoms with van der Waals surface area (Å²) in [6, 6.07) is 4.05. The Morgan fingerprint density at radius 1 is 1.15 bits per heavy atom. The van der Waals surface area contributed by atoms with Gasteiger partial charge in [0.25, 0.3) is 0 Å². The van der Waals surface area contributed by atoms with Crippen molar-refractivity contribution in [3.63, 3.8) is 0 Å². The maximum absolute atomic E-state index is 12.3. The molecular weight excluding hydrogens is 318 g/mol. The molecule has 1 aromatic heterocycles. The number of amides is 1. The van der Waals surface area contributed by atoms with Crippen molar-refractivity contribution < 1.29 is 4.79 Å². The topological polar surface area (TPSA) is 36.4 Å². The van der Waals surface area contributed by atoms with E-state index in [0.29, 0.717) is 11.8 Å². The summed E-state index contributed by atoms with van der Waals surface area (Å²) >= 11 is 3.41. The Bertz CT molecular complexity index is 473. The number of hydrogen-bond donors (Lipinski definition) is 0. The van der Waals surface area contributed by atoms with Crippen molar-refractivity contribution in [2.24, 2.45) is 5.92 Å². The lowest BCUT2D eigenvalue weighted by Crippen LogP contribution is -2.41. The van der Waals surface area contributed by atoms with E-state index in [4.69, 9.17) is 0 Å².